The van der Waals surface area contributed by atoms with Gasteiger partial charge in [-0.1, -0.05) is 11.6 Å². The maximum Gasteiger partial charge on any atom is 0.305 e. The van der Waals surface area contributed by atoms with Gasteiger partial charge in [-0.2, -0.15) is 0 Å². The van der Waals surface area contributed by atoms with E-state index in [0.717, 1.165) is 12.1 Å². The summed E-state index contributed by atoms with van der Waals surface area (Å²) in [6, 6.07) is 4.79. The summed E-state index contributed by atoms with van der Waals surface area (Å²) in [7, 11) is 4.66. The Kier molecular flexibility index (Phi) is 12.4. The van der Waals surface area contributed by atoms with Gasteiger partial charge in [-0.3, -0.25) is 25.0 Å². The van der Waals surface area contributed by atoms with Crippen molar-refractivity contribution in [3.05, 3.63) is 49.5 Å². The minimum atomic E-state index is -0.853. The molecule has 0 unspecified atom stereocenters. The van der Waals surface area contributed by atoms with Crippen LogP contribution in [0.4, 0.5) is 34.1 Å². The second-order valence-corrected chi connectivity index (χ2v) is 8.25. The molecule has 0 bridgehead atoms. The van der Waals surface area contributed by atoms with Gasteiger partial charge in [0.05, 0.1) is 52.1 Å². The molecule has 0 aromatic heterocycles. The molecule has 0 heterocycles. The number of nitro benzene ring substituents is 2. The number of carbonyl (C=O) groups is 1. The Morgan fingerprint density at radius 2 is 1.59 bits per heavy atom. The van der Waals surface area contributed by atoms with E-state index in [9.17, 15) is 25.0 Å². The van der Waals surface area contributed by atoms with Crippen molar-refractivity contribution in [2.45, 2.75) is 6.92 Å². The Balaban J connectivity index is 2.69. The van der Waals surface area contributed by atoms with Crippen LogP contribution < -0.4 is 15.0 Å². The molecule has 1 N–H and O–H groups in total. The van der Waals surface area contributed by atoms with Gasteiger partial charge in [0.25, 0.3) is 5.69 Å². The molecule has 39 heavy (non-hydrogen) atoms. The third-order valence-electron chi connectivity index (χ3n) is 5.10. The van der Waals surface area contributed by atoms with Crippen LogP contribution in [-0.2, 0) is 19.0 Å². The zero-order valence-electron chi connectivity index (χ0n) is 21.8. The standard InChI is InChI=1S/C23H29ClN6O9/c1-15(31)25-18-13-20(28(5-7-36-2)6-8-37-3)22(39-10-9-38-4)14-19(18)26-27-23-17(24)11-16(29(32)33)12-21(23)30(34)35/h11-14H,5-10H2,1-4H3,(H,25,31). The van der Waals surface area contributed by atoms with Gasteiger partial charge < -0.3 is 29.2 Å². The quantitative estimate of drug-likeness (QED) is 0.129. The minimum absolute atomic E-state index is 0.0866. The first-order chi connectivity index (χ1) is 18.6. The van der Waals surface area contributed by atoms with Gasteiger partial charge in [-0.15, -0.1) is 10.2 Å². The molecule has 16 heteroatoms. The summed E-state index contributed by atoms with van der Waals surface area (Å²) in [6.45, 7) is 3.47. The fourth-order valence-corrected chi connectivity index (χ4v) is 3.55. The summed E-state index contributed by atoms with van der Waals surface area (Å²) in [5, 5.41) is 33.0. The smallest absolute Gasteiger partial charge is 0.305 e. The van der Waals surface area contributed by atoms with E-state index in [1.165, 1.54) is 20.1 Å². The lowest BCUT2D eigenvalue weighted by molar-refractivity contribution is -0.393. The molecule has 2 aromatic carbocycles. The van der Waals surface area contributed by atoms with E-state index in [2.05, 4.69) is 15.5 Å². The summed E-state index contributed by atoms with van der Waals surface area (Å²) in [6.07, 6.45) is 0. The molecule has 0 fully saturated rings. The average Bonchev–Trinajstić information content (AvgIpc) is 2.88. The molecule has 0 saturated heterocycles. The van der Waals surface area contributed by atoms with Crippen LogP contribution in [0.3, 0.4) is 0 Å². The van der Waals surface area contributed by atoms with Crippen molar-refractivity contribution in [3.63, 3.8) is 0 Å². The molecule has 1 amide bonds. The number of non-ortho nitro benzene ring substituents is 1. The van der Waals surface area contributed by atoms with Crippen molar-refractivity contribution in [2.75, 3.05) is 71.1 Å². The number of anilines is 2. The lowest BCUT2D eigenvalue weighted by atomic mass is 10.2. The Labute approximate surface area is 228 Å². The van der Waals surface area contributed by atoms with Crippen molar-refractivity contribution >= 4 is 51.6 Å². The second-order valence-electron chi connectivity index (χ2n) is 7.84. The summed E-state index contributed by atoms with van der Waals surface area (Å²) < 4.78 is 21.5. The second kappa shape index (κ2) is 15.5. The zero-order valence-corrected chi connectivity index (χ0v) is 22.6. The number of halogens is 1. The van der Waals surface area contributed by atoms with E-state index in [1.807, 2.05) is 4.90 Å². The van der Waals surface area contributed by atoms with Crippen molar-refractivity contribution in [1.82, 2.24) is 0 Å². The summed E-state index contributed by atoms with van der Waals surface area (Å²) in [5.74, 6) is -0.0586. The van der Waals surface area contributed by atoms with Crippen LogP contribution in [-0.4, -0.2) is 76.6 Å². The number of azo groups is 1. The third kappa shape index (κ3) is 9.10. The number of carbonyl (C=O) groups excluding carboxylic acids is 1. The molecule has 0 aliphatic heterocycles. The Hall–Kier alpha value is -3.92. The molecular weight excluding hydrogens is 540 g/mol. The van der Waals surface area contributed by atoms with Crippen molar-refractivity contribution < 1.29 is 33.6 Å². The molecule has 2 rings (SSSR count). The number of nitro groups is 2. The van der Waals surface area contributed by atoms with Crippen molar-refractivity contribution in [3.8, 4) is 5.75 Å². The molecule has 2 aromatic rings. The number of amides is 1. The Morgan fingerprint density at radius 1 is 0.949 bits per heavy atom. The van der Waals surface area contributed by atoms with E-state index in [0.29, 0.717) is 37.7 Å². The lowest BCUT2D eigenvalue weighted by Crippen LogP contribution is -2.31. The predicted octanol–water partition coefficient (Wildman–Crippen LogP) is 4.65. The fraction of sp³-hybridized carbons (Fsp3) is 0.435. The lowest BCUT2D eigenvalue weighted by Gasteiger charge is -2.27. The number of rotatable bonds is 16. The first-order valence-electron chi connectivity index (χ1n) is 11.5. The molecule has 0 radical (unpaired) electrons. The van der Waals surface area contributed by atoms with Crippen LogP contribution in [0.25, 0.3) is 0 Å². The van der Waals surface area contributed by atoms with E-state index in [-0.39, 0.29) is 29.6 Å². The van der Waals surface area contributed by atoms with Gasteiger partial charge >= 0.3 is 5.69 Å². The van der Waals surface area contributed by atoms with Crippen LogP contribution in [0, 0.1) is 20.2 Å². The highest BCUT2D eigenvalue weighted by Crippen LogP contribution is 2.43. The van der Waals surface area contributed by atoms with Crippen LogP contribution in [0.1, 0.15) is 6.92 Å². The third-order valence-corrected chi connectivity index (χ3v) is 5.39. The molecule has 0 aliphatic carbocycles. The number of benzene rings is 2. The monoisotopic (exact) mass is 568 g/mol. The van der Waals surface area contributed by atoms with E-state index < -0.39 is 32.8 Å². The number of hydrogen-bond acceptors (Lipinski definition) is 12. The summed E-state index contributed by atoms with van der Waals surface area (Å²) >= 11 is 6.09. The van der Waals surface area contributed by atoms with Crippen LogP contribution in [0.5, 0.6) is 5.75 Å². The first-order valence-corrected chi connectivity index (χ1v) is 11.8. The van der Waals surface area contributed by atoms with E-state index >= 15 is 0 Å². The normalized spacial score (nSPS) is 11.0. The molecule has 0 spiro atoms. The van der Waals surface area contributed by atoms with E-state index in [4.69, 9.17) is 30.5 Å². The topological polar surface area (TPSA) is 180 Å². The van der Waals surface area contributed by atoms with Gasteiger partial charge in [0, 0.05) is 53.5 Å². The van der Waals surface area contributed by atoms with E-state index in [1.54, 1.807) is 20.3 Å². The van der Waals surface area contributed by atoms with Crippen LogP contribution >= 0.6 is 11.6 Å². The largest absolute Gasteiger partial charge is 0.489 e. The Morgan fingerprint density at radius 3 is 2.13 bits per heavy atom. The number of ether oxygens (including phenoxy) is 4. The zero-order chi connectivity index (χ0) is 28.9. The number of methoxy groups -OCH3 is 3. The molecule has 15 nitrogen and oxygen atoms in total. The predicted molar refractivity (Wildman–Crippen MR) is 143 cm³/mol. The van der Waals surface area contributed by atoms with Crippen LogP contribution in [0.2, 0.25) is 5.02 Å². The molecule has 0 aliphatic rings. The number of hydrogen-bond donors (Lipinski definition) is 1. The Bertz CT molecular complexity index is 1200. The summed E-state index contributed by atoms with van der Waals surface area (Å²) in [5.41, 5.74) is -0.784. The average molecular weight is 569 g/mol. The first kappa shape index (κ1) is 31.3. The maximum absolute atomic E-state index is 12.0. The summed E-state index contributed by atoms with van der Waals surface area (Å²) in [4.78, 5) is 35.0. The van der Waals surface area contributed by atoms with Gasteiger partial charge in [0.1, 0.15) is 18.0 Å². The highest BCUT2D eigenvalue weighted by Gasteiger charge is 2.24. The van der Waals surface area contributed by atoms with Gasteiger partial charge in [-0.05, 0) is 6.07 Å². The minimum Gasteiger partial charge on any atom is -0.489 e. The van der Waals surface area contributed by atoms with Gasteiger partial charge in [0.2, 0.25) is 5.91 Å². The highest BCUT2D eigenvalue weighted by atomic mass is 35.5. The molecule has 0 saturated carbocycles. The number of nitrogens with zero attached hydrogens (tertiary/aromatic N) is 5. The SMILES string of the molecule is COCCOc1cc(N=Nc2c(Cl)cc([N+](=O)[O-])cc2[N+](=O)[O-])c(NC(C)=O)cc1N(CCOC)CCOC. The highest BCUT2D eigenvalue weighted by molar-refractivity contribution is 6.33. The van der Waals surface area contributed by atoms with Crippen molar-refractivity contribution in [1.29, 1.82) is 0 Å². The van der Waals surface area contributed by atoms with Gasteiger partial charge in [0.15, 0.2) is 5.69 Å². The fourth-order valence-electron chi connectivity index (χ4n) is 3.30. The molecule has 212 valence electrons. The molecular formula is C23H29ClN6O9. The van der Waals surface area contributed by atoms with Gasteiger partial charge in [-0.25, -0.2) is 0 Å². The van der Waals surface area contributed by atoms with Crippen molar-refractivity contribution in [2.24, 2.45) is 10.2 Å². The maximum atomic E-state index is 12.0. The van der Waals surface area contributed by atoms with Crippen LogP contribution in [0.15, 0.2) is 34.5 Å². The number of nitrogens with one attached hydrogen (secondary N) is 1. The molecule has 0 atom stereocenters.